The number of aromatic nitrogens is 1. The minimum atomic E-state index is -0.310. The molecule has 6 nitrogen and oxygen atoms in total. The van der Waals surface area contributed by atoms with E-state index in [1.165, 1.54) is 12.1 Å². The van der Waals surface area contributed by atoms with E-state index >= 15 is 0 Å². The molecule has 146 valence electrons. The third kappa shape index (κ3) is 5.65. The average molecular weight is 384 g/mol. The van der Waals surface area contributed by atoms with Crippen molar-refractivity contribution in [3.05, 3.63) is 66.4 Å². The van der Waals surface area contributed by atoms with E-state index in [2.05, 4.69) is 10.3 Å². The fourth-order valence-electron chi connectivity index (χ4n) is 2.49. The Morgan fingerprint density at radius 2 is 1.86 bits per heavy atom. The first kappa shape index (κ1) is 19.6. The van der Waals surface area contributed by atoms with Gasteiger partial charge in [0.15, 0.2) is 11.7 Å². The number of amides is 1. The molecule has 0 saturated heterocycles. The second-order valence-electron chi connectivity index (χ2n) is 6.04. The van der Waals surface area contributed by atoms with Gasteiger partial charge in [0.05, 0.1) is 12.8 Å². The van der Waals surface area contributed by atoms with Gasteiger partial charge in [0, 0.05) is 31.2 Å². The van der Waals surface area contributed by atoms with Gasteiger partial charge in [-0.15, -0.1) is 0 Å². The number of halogens is 1. The number of anilines is 1. The zero-order valence-electron chi connectivity index (χ0n) is 15.5. The Morgan fingerprint density at radius 1 is 1.11 bits per heavy atom. The molecule has 0 aliphatic heterocycles. The van der Waals surface area contributed by atoms with Crippen LogP contribution in [-0.4, -0.2) is 31.2 Å². The molecular weight excluding hydrogens is 363 g/mol. The van der Waals surface area contributed by atoms with Crippen LogP contribution in [0.4, 0.5) is 10.1 Å². The Bertz CT molecular complexity index is 892. The standard InChI is InChI=1S/C21H21FN2O4/c1-26-12-13-27-18-8-6-17(7-9-18)24-20(25)10-11-21-23-14-19(28-21)15-2-4-16(22)5-3-15/h2-9,14H,10-13H2,1H3,(H,24,25). The molecule has 0 unspecified atom stereocenters. The molecule has 1 aromatic heterocycles. The second-order valence-corrected chi connectivity index (χ2v) is 6.04. The molecule has 0 aliphatic rings. The lowest BCUT2D eigenvalue weighted by Gasteiger charge is -2.07. The number of carbonyl (C=O) groups is 1. The lowest BCUT2D eigenvalue weighted by Crippen LogP contribution is -2.12. The van der Waals surface area contributed by atoms with Gasteiger partial charge in [0.25, 0.3) is 0 Å². The minimum absolute atomic E-state index is 0.144. The molecule has 2 aromatic carbocycles. The number of carbonyl (C=O) groups excluding carboxylic acids is 1. The molecule has 0 atom stereocenters. The van der Waals surface area contributed by atoms with Crippen molar-refractivity contribution in [2.24, 2.45) is 0 Å². The highest BCUT2D eigenvalue weighted by molar-refractivity contribution is 5.90. The van der Waals surface area contributed by atoms with Crippen LogP contribution in [0, 0.1) is 5.82 Å². The fourth-order valence-corrected chi connectivity index (χ4v) is 2.49. The normalized spacial score (nSPS) is 10.6. The van der Waals surface area contributed by atoms with Crippen LogP contribution in [0.5, 0.6) is 5.75 Å². The number of hydrogen-bond acceptors (Lipinski definition) is 5. The Labute approximate surface area is 162 Å². The van der Waals surface area contributed by atoms with Crippen molar-refractivity contribution < 1.29 is 23.1 Å². The molecular formula is C21H21FN2O4. The highest BCUT2D eigenvalue weighted by Gasteiger charge is 2.09. The van der Waals surface area contributed by atoms with Gasteiger partial charge in [0.2, 0.25) is 5.91 Å². The zero-order valence-corrected chi connectivity index (χ0v) is 15.5. The molecule has 3 aromatic rings. The van der Waals surface area contributed by atoms with Gasteiger partial charge in [0.1, 0.15) is 18.2 Å². The lowest BCUT2D eigenvalue weighted by molar-refractivity contribution is -0.116. The fraction of sp³-hybridized carbons (Fsp3) is 0.238. The van der Waals surface area contributed by atoms with E-state index in [0.717, 1.165) is 5.56 Å². The van der Waals surface area contributed by atoms with Crippen molar-refractivity contribution in [2.75, 3.05) is 25.6 Å². The molecule has 1 heterocycles. The number of rotatable bonds is 9. The van der Waals surface area contributed by atoms with E-state index < -0.39 is 0 Å². The van der Waals surface area contributed by atoms with Crippen molar-refractivity contribution in [1.82, 2.24) is 4.98 Å². The molecule has 28 heavy (non-hydrogen) atoms. The summed E-state index contributed by atoms with van der Waals surface area (Å²) in [6.45, 7) is 0.987. The van der Waals surface area contributed by atoms with Gasteiger partial charge >= 0.3 is 0 Å². The first-order chi connectivity index (χ1) is 13.6. The van der Waals surface area contributed by atoms with E-state index in [9.17, 15) is 9.18 Å². The van der Waals surface area contributed by atoms with Crippen molar-refractivity contribution in [2.45, 2.75) is 12.8 Å². The molecule has 1 amide bonds. The first-order valence-corrected chi connectivity index (χ1v) is 8.86. The summed E-state index contributed by atoms with van der Waals surface area (Å²) in [5.74, 6) is 1.25. The van der Waals surface area contributed by atoms with Crippen LogP contribution in [0.2, 0.25) is 0 Å². The van der Waals surface area contributed by atoms with Crippen LogP contribution >= 0.6 is 0 Å². The summed E-state index contributed by atoms with van der Waals surface area (Å²) in [6, 6.07) is 13.1. The summed E-state index contributed by atoms with van der Waals surface area (Å²) in [5.41, 5.74) is 1.42. The predicted octanol–water partition coefficient (Wildman–Crippen LogP) is 4.08. The monoisotopic (exact) mass is 384 g/mol. The van der Waals surface area contributed by atoms with Gasteiger partial charge in [-0.05, 0) is 48.5 Å². The van der Waals surface area contributed by atoms with E-state index in [-0.39, 0.29) is 18.1 Å². The van der Waals surface area contributed by atoms with Crippen LogP contribution in [0.25, 0.3) is 11.3 Å². The molecule has 1 N–H and O–H groups in total. The quantitative estimate of drug-likeness (QED) is 0.563. The topological polar surface area (TPSA) is 73.6 Å². The Hall–Kier alpha value is -3.19. The number of aryl methyl sites for hydroxylation is 1. The van der Waals surface area contributed by atoms with Gasteiger partial charge < -0.3 is 19.2 Å². The molecule has 0 bridgehead atoms. The third-order valence-electron chi connectivity index (χ3n) is 3.94. The van der Waals surface area contributed by atoms with Gasteiger partial charge in [-0.1, -0.05) is 0 Å². The van der Waals surface area contributed by atoms with E-state index in [1.54, 1.807) is 49.7 Å². The largest absolute Gasteiger partial charge is 0.491 e. The summed E-state index contributed by atoms with van der Waals surface area (Å²) in [4.78, 5) is 16.3. The van der Waals surface area contributed by atoms with Crippen molar-refractivity contribution in [3.63, 3.8) is 0 Å². The summed E-state index contributed by atoms with van der Waals surface area (Å²) >= 11 is 0. The maximum atomic E-state index is 13.0. The Morgan fingerprint density at radius 3 is 2.57 bits per heavy atom. The zero-order chi connectivity index (χ0) is 19.8. The van der Waals surface area contributed by atoms with Crippen LogP contribution in [0.1, 0.15) is 12.3 Å². The van der Waals surface area contributed by atoms with E-state index in [1.807, 2.05) is 0 Å². The number of oxazole rings is 1. The predicted molar refractivity (Wildman–Crippen MR) is 103 cm³/mol. The van der Waals surface area contributed by atoms with Crippen molar-refractivity contribution in [3.8, 4) is 17.1 Å². The van der Waals surface area contributed by atoms with Crippen LogP contribution in [-0.2, 0) is 16.0 Å². The lowest BCUT2D eigenvalue weighted by atomic mass is 10.2. The molecule has 0 radical (unpaired) electrons. The third-order valence-corrected chi connectivity index (χ3v) is 3.94. The van der Waals surface area contributed by atoms with Gasteiger partial charge in [-0.2, -0.15) is 0 Å². The Balaban J connectivity index is 1.47. The number of ether oxygens (including phenoxy) is 2. The van der Waals surface area contributed by atoms with E-state index in [4.69, 9.17) is 13.9 Å². The van der Waals surface area contributed by atoms with Crippen LogP contribution in [0.15, 0.2) is 59.1 Å². The first-order valence-electron chi connectivity index (χ1n) is 8.86. The van der Waals surface area contributed by atoms with Gasteiger partial charge in [-0.25, -0.2) is 9.37 Å². The number of nitrogens with zero attached hydrogens (tertiary/aromatic N) is 1. The number of nitrogens with one attached hydrogen (secondary N) is 1. The maximum absolute atomic E-state index is 13.0. The highest BCUT2D eigenvalue weighted by Crippen LogP contribution is 2.21. The minimum Gasteiger partial charge on any atom is -0.491 e. The van der Waals surface area contributed by atoms with Crippen LogP contribution in [0.3, 0.4) is 0 Å². The molecule has 0 fully saturated rings. The summed E-state index contributed by atoms with van der Waals surface area (Å²) in [6.07, 6.45) is 2.17. The molecule has 0 saturated carbocycles. The summed E-state index contributed by atoms with van der Waals surface area (Å²) < 4.78 is 29.0. The number of hydrogen-bond donors (Lipinski definition) is 1. The van der Waals surface area contributed by atoms with Crippen molar-refractivity contribution >= 4 is 11.6 Å². The molecule has 0 spiro atoms. The van der Waals surface area contributed by atoms with Crippen LogP contribution < -0.4 is 10.1 Å². The highest BCUT2D eigenvalue weighted by atomic mass is 19.1. The smallest absolute Gasteiger partial charge is 0.224 e. The Kier molecular flexibility index (Phi) is 6.75. The summed E-state index contributed by atoms with van der Waals surface area (Å²) in [7, 11) is 1.61. The average Bonchev–Trinajstić information content (AvgIpc) is 3.18. The molecule has 0 aliphatic carbocycles. The second kappa shape index (κ2) is 9.66. The summed E-state index contributed by atoms with van der Waals surface area (Å²) in [5, 5.41) is 2.82. The maximum Gasteiger partial charge on any atom is 0.224 e. The SMILES string of the molecule is COCCOc1ccc(NC(=O)CCc2ncc(-c3ccc(F)cc3)o2)cc1. The van der Waals surface area contributed by atoms with E-state index in [0.29, 0.717) is 42.7 Å². The molecule has 7 heteroatoms. The number of methoxy groups -OCH3 is 1. The van der Waals surface area contributed by atoms with Gasteiger partial charge in [-0.3, -0.25) is 4.79 Å². The number of benzene rings is 2. The van der Waals surface area contributed by atoms with Crippen molar-refractivity contribution in [1.29, 1.82) is 0 Å². The molecule has 3 rings (SSSR count).